The molecule has 11 heteroatoms. The highest BCUT2D eigenvalue weighted by atomic mass is 35.5. The lowest BCUT2D eigenvalue weighted by Gasteiger charge is -2.15. The molecule has 2 aromatic heterocycles. The first-order valence-electron chi connectivity index (χ1n) is 12.4. The van der Waals surface area contributed by atoms with E-state index in [4.69, 9.17) is 30.2 Å². The molecule has 0 fully saturated rings. The molecule has 5 aromatic rings. The molecule has 0 amide bonds. The zero-order valence-corrected chi connectivity index (χ0v) is 24.1. The smallest absolute Gasteiger partial charge is 0.345 e. The molecule has 0 saturated heterocycles. The van der Waals surface area contributed by atoms with Crippen molar-refractivity contribution in [1.82, 2.24) is 4.98 Å². The van der Waals surface area contributed by atoms with E-state index in [1.54, 1.807) is 47.8 Å². The molecule has 9 nitrogen and oxygen atoms in total. The number of carbonyl (C=O) groups is 1. The maximum atomic E-state index is 13.6. The van der Waals surface area contributed by atoms with E-state index in [1.807, 2.05) is 12.1 Å². The number of hydrogen-bond donors (Lipinski definition) is 1. The number of carbonyl (C=O) groups excluding carboxylic acids is 1. The van der Waals surface area contributed by atoms with Crippen molar-refractivity contribution in [2.45, 2.75) is 0 Å². The summed E-state index contributed by atoms with van der Waals surface area (Å²) in [4.78, 5) is 30.7. The minimum atomic E-state index is -0.526. The first-order chi connectivity index (χ1) is 20.4. The largest absolute Gasteiger partial charge is 0.493 e. The van der Waals surface area contributed by atoms with Crippen molar-refractivity contribution in [2.75, 3.05) is 26.6 Å². The van der Waals surface area contributed by atoms with Crippen molar-refractivity contribution >= 4 is 51.0 Å². The van der Waals surface area contributed by atoms with Crippen LogP contribution in [0, 0.1) is 11.3 Å². The standard InChI is InChI=1S/C31H22ClN3O6S/c1-38-26-11-18(12-27(39-2)29(26)40-3)28(36)21-13-20(32)8-9-23(21)34-15-19(14-33)30-35-24(16-42-30)22-10-17-6-4-5-7-25(17)41-31(22)37/h4-13,15-16,34H,1-3H3/b19-15+. The summed E-state index contributed by atoms with van der Waals surface area (Å²) in [5.74, 6) is 0.629. The van der Waals surface area contributed by atoms with Crippen LogP contribution in [-0.2, 0) is 0 Å². The van der Waals surface area contributed by atoms with Crippen molar-refractivity contribution in [3.63, 3.8) is 0 Å². The van der Waals surface area contributed by atoms with E-state index in [9.17, 15) is 14.9 Å². The molecule has 0 aliphatic rings. The predicted molar refractivity (Wildman–Crippen MR) is 162 cm³/mol. The van der Waals surface area contributed by atoms with E-state index in [-0.39, 0.29) is 28.0 Å². The highest BCUT2D eigenvalue weighted by molar-refractivity contribution is 7.11. The van der Waals surface area contributed by atoms with E-state index < -0.39 is 5.63 Å². The number of halogens is 1. The first kappa shape index (κ1) is 28.4. The van der Waals surface area contributed by atoms with Gasteiger partial charge in [-0.3, -0.25) is 4.79 Å². The number of hydrogen-bond acceptors (Lipinski definition) is 10. The van der Waals surface area contributed by atoms with E-state index in [2.05, 4.69) is 16.4 Å². The maximum Gasteiger partial charge on any atom is 0.345 e. The van der Waals surface area contributed by atoms with Crippen LogP contribution in [0.4, 0.5) is 5.69 Å². The number of benzene rings is 3. The summed E-state index contributed by atoms with van der Waals surface area (Å²) in [6, 6.07) is 18.9. The van der Waals surface area contributed by atoms with Gasteiger partial charge in [0.15, 0.2) is 17.3 Å². The number of anilines is 1. The lowest BCUT2D eigenvalue weighted by Crippen LogP contribution is -2.07. The van der Waals surface area contributed by atoms with Crippen molar-refractivity contribution in [3.8, 4) is 34.6 Å². The zero-order chi connectivity index (χ0) is 29.8. The monoisotopic (exact) mass is 599 g/mol. The summed E-state index contributed by atoms with van der Waals surface area (Å²) >= 11 is 7.45. The minimum absolute atomic E-state index is 0.192. The third-order valence-electron chi connectivity index (χ3n) is 6.30. The Morgan fingerprint density at radius 2 is 1.79 bits per heavy atom. The Morgan fingerprint density at radius 1 is 1.05 bits per heavy atom. The Bertz CT molecular complexity index is 1930. The van der Waals surface area contributed by atoms with Crippen molar-refractivity contribution in [1.29, 1.82) is 5.26 Å². The summed E-state index contributed by atoms with van der Waals surface area (Å²) in [6.07, 6.45) is 1.45. The topological polar surface area (TPSA) is 124 Å². The lowest BCUT2D eigenvalue weighted by molar-refractivity contribution is 0.103. The van der Waals surface area contributed by atoms with Gasteiger partial charge in [-0.2, -0.15) is 5.26 Å². The molecule has 2 heterocycles. The van der Waals surface area contributed by atoms with Crippen LogP contribution in [-0.4, -0.2) is 32.1 Å². The highest BCUT2D eigenvalue weighted by Gasteiger charge is 2.21. The van der Waals surface area contributed by atoms with Crippen LogP contribution in [0.15, 0.2) is 81.5 Å². The number of nitrogens with zero attached hydrogens (tertiary/aromatic N) is 2. The second kappa shape index (κ2) is 12.2. The van der Waals surface area contributed by atoms with Gasteiger partial charge < -0.3 is 23.9 Å². The number of thiazole rings is 1. The van der Waals surface area contributed by atoms with Gasteiger partial charge in [-0.25, -0.2) is 9.78 Å². The number of allylic oxidation sites excluding steroid dienone is 1. The third-order valence-corrected chi connectivity index (χ3v) is 7.41. The number of methoxy groups -OCH3 is 3. The average molecular weight is 600 g/mol. The second-order valence-corrected chi connectivity index (χ2v) is 10.1. The van der Waals surface area contributed by atoms with Gasteiger partial charge in [-0.1, -0.05) is 29.8 Å². The van der Waals surface area contributed by atoms with Crippen LogP contribution in [0.5, 0.6) is 17.2 Å². The maximum absolute atomic E-state index is 13.6. The van der Waals surface area contributed by atoms with Crippen molar-refractivity contribution in [2.24, 2.45) is 0 Å². The molecular formula is C31H22ClN3O6S. The molecule has 3 aromatic carbocycles. The van der Waals surface area contributed by atoms with Gasteiger partial charge in [-0.05, 0) is 42.5 Å². The predicted octanol–water partition coefficient (Wildman–Crippen LogP) is 6.80. The number of ketones is 1. The fourth-order valence-electron chi connectivity index (χ4n) is 4.25. The number of fused-ring (bicyclic) bond motifs is 1. The number of nitrogens with one attached hydrogen (secondary N) is 1. The molecule has 5 rings (SSSR count). The zero-order valence-electron chi connectivity index (χ0n) is 22.6. The highest BCUT2D eigenvalue weighted by Crippen LogP contribution is 2.39. The molecule has 1 N–H and O–H groups in total. The fraction of sp³-hybridized carbons (Fsp3) is 0.0968. The van der Waals surface area contributed by atoms with Gasteiger partial charge in [0.2, 0.25) is 5.75 Å². The summed E-state index contributed by atoms with van der Waals surface area (Å²) in [7, 11) is 4.40. The van der Waals surface area contributed by atoms with Gasteiger partial charge in [-0.15, -0.1) is 11.3 Å². The van der Waals surface area contributed by atoms with Gasteiger partial charge in [0.05, 0.1) is 32.6 Å². The number of rotatable bonds is 9. The Balaban J connectivity index is 1.47. The molecule has 0 saturated carbocycles. The molecule has 42 heavy (non-hydrogen) atoms. The first-order valence-corrected chi connectivity index (χ1v) is 13.6. The van der Waals surface area contributed by atoms with E-state index in [0.717, 1.165) is 5.39 Å². The van der Waals surface area contributed by atoms with E-state index >= 15 is 0 Å². The number of ether oxygens (including phenoxy) is 3. The molecule has 0 unspecified atom stereocenters. The van der Waals surface area contributed by atoms with Crippen LogP contribution in [0.3, 0.4) is 0 Å². The second-order valence-electron chi connectivity index (χ2n) is 8.77. The van der Waals surface area contributed by atoms with E-state index in [1.165, 1.54) is 44.9 Å². The molecule has 0 radical (unpaired) electrons. The third kappa shape index (κ3) is 5.56. The quantitative estimate of drug-likeness (QED) is 0.111. The average Bonchev–Trinajstić information content (AvgIpc) is 3.50. The van der Waals surface area contributed by atoms with Crippen LogP contribution in [0.2, 0.25) is 5.02 Å². The van der Waals surface area contributed by atoms with Gasteiger partial charge in [0, 0.05) is 38.8 Å². The molecule has 0 aliphatic carbocycles. The number of aromatic nitrogens is 1. The summed E-state index contributed by atoms with van der Waals surface area (Å²) < 4.78 is 21.6. The van der Waals surface area contributed by atoms with E-state index in [0.29, 0.717) is 44.2 Å². The van der Waals surface area contributed by atoms with Crippen LogP contribution in [0.25, 0.3) is 27.8 Å². The minimum Gasteiger partial charge on any atom is -0.493 e. The van der Waals surface area contributed by atoms with Crippen molar-refractivity contribution < 1.29 is 23.4 Å². The Kier molecular flexibility index (Phi) is 8.24. The number of nitriles is 1. The fourth-order valence-corrected chi connectivity index (χ4v) is 5.21. The molecule has 0 atom stereocenters. The number of para-hydroxylation sites is 1. The van der Waals surface area contributed by atoms with Gasteiger partial charge in [0.25, 0.3) is 0 Å². The van der Waals surface area contributed by atoms with Crippen molar-refractivity contribution in [3.05, 3.63) is 104 Å². The summed E-state index contributed by atoms with van der Waals surface area (Å²) in [6.45, 7) is 0. The summed E-state index contributed by atoms with van der Waals surface area (Å²) in [5.41, 5.74) is 1.75. The molecular weight excluding hydrogens is 578 g/mol. The lowest BCUT2D eigenvalue weighted by atomic mass is 10.0. The Hall–Kier alpha value is -5.11. The molecule has 0 bridgehead atoms. The van der Waals surface area contributed by atoms with Crippen LogP contribution < -0.4 is 25.2 Å². The Morgan fingerprint density at radius 3 is 2.48 bits per heavy atom. The van der Waals surface area contributed by atoms with Crippen LogP contribution in [0.1, 0.15) is 20.9 Å². The normalized spacial score (nSPS) is 11.2. The molecule has 210 valence electrons. The molecule has 0 aliphatic heterocycles. The van der Waals surface area contributed by atoms with Gasteiger partial charge in [0.1, 0.15) is 22.2 Å². The molecule has 0 spiro atoms. The Labute approximate surface area is 249 Å². The van der Waals surface area contributed by atoms with Gasteiger partial charge >= 0.3 is 5.63 Å². The van der Waals surface area contributed by atoms with Crippen LogP contribution >= 0.6 is 22.9 Å². The summed E-state index contributed by atoms with van der Waals surface area (Å²) in [5, 5.41) is 16.1. The SMILES string of the molecule is COc1cc(C(=O)c2cc(Cl)ccc2N/C=C(\C#N)c2nc(-c3cc4ccccc4oc3=O)cs2)cc(OC)c1OC.